The lowest BCUT2D eigenvalue weighted by Gasteiger charge is -2.40. The van der Waals surface area contributed by atoms with Crippen molar-refractivity contribution in [1.29, 1.82) is 0 Å². The molecule has 8 nitrogen and oxygen atoms in total. The van der Waals surface area contributed by atoms with E-state index in [-0.39, 0.29) is 35.8 Å². The zero-order valence-corrected chi connectivity index (χ0v) is 21.9. The van der Waals surface area contributed by atoms with Gasteiger partial charge in [0.15, 0.2) is 0 Å². The van der Waals surface area contributed by atoms with Crippen LogP contribution in [0, 0.1) is 17.8 Å². The third-order valence-electron chi connectivity index (χ3n) is 7.33. The first-order valence-electron chi connectivity index (χ1n) is 12.1. The van der Waals surface area contributed by atoms with Gasteiger partial charge in [-0.3, -0.25) is 14.4 Å². The lowest BCUT2D eigenvalue weighted by molar-refractivity contribution is -0.156. The largest absolute Gasteiger partial charge is 0.461 e. The summed E-state index contributed by atoms with van der Waals surface area (Å²) in [4.78, 5) is 44.1. The number of fused-ring (bicyclic) bond motifs is 1. The lowest BCUT2D eigenvalue weighted by atomic mass is 9.70. The number of hydrogen-bond acceptors (Lipinski definition) is 6. The predicted octanol–water partition coefficient (Wildman–Crippen LogP) is 2.30. The van der Waals surface area contributed by atoms with Crippen LogP contribution in [0.5, 0.6) is 0 Å². The molecule has 3 saturated heterocycles. The molecule has 190 valence electrons. The molecule has 0 aromatic carbocycles. The molecule has 3 heterocycles. The number of ether oxygens (including phenoxy) is 2. The van der Waals surface area contributed by atoms with Crippen molar-refractivity contribution in [1.82, 2.24) is 9.80 Å². The highest BCUT2D eigenvalue weighted by atomic mass is 79.9. The number of nitrogens with zero attached hydrogens (tertiary/aromatic N) is 2. The van der Waals surface area contributed by atoms with Gasteiger partial charge in [0.25, 0.3) is 0 Å². The van der Waals surface area contributed by atoms with Crippen molar-refractivity contribution in [2.24, 2.45) is 17.8 Å². The van der Waals surface area contributed by atoms with Crippen molar-refractivity contribution in [3.8, 4) is 0 Å². The minimum Gasteiger partial charge on any atom is -0.461 e. The Morgan fingerprint density at radius 1 is 1.38 bits per heavy atom. The molecule has 1 N–H and O–H groups in total. The van der Waals surface area contributed by atoms with Gasteiger partial charge in [-0.05, 0) is 18.8 Å². The Morgan fingerprint density at radius 2 is 2.09 bits per heavy atom. The molecular weight excluding hydrogens is 504 g/mol. The van der Waals surface area contributed by atoms with E-state index in [1.165, 1.54) is 11.0 Å². The Labute approximate surface area is 210 Å². The molecule has 7 atom stereocenters. The lowest BCUT2D eigenvalue weighted by Crippen LogP contribution is -2.60. The molecule has 0 aromatic rings. The third kappa shape index (κ3) is 4.35. The Bertz CT molecular complexity index is 819. The van der Waals surface area contributed by atoms with Crippen LogP contribution in [-0.2, 0) is 23.9 Å². The summed E-state index contributed by atoms with van der Waals surface area (Å²) in [6.45, 7) is 13.8. The summed E-state index contributed by atoms with van der Waals surface area (Å²) in [5, 5.41) is 10.2. The average Bonchev–Trinajstić information content (AvgIpc) is 3.39. The fourth-order valence-corrected chi connectivity index (χ4v) is 6.74. The SMILES string of the molecule is C=CCOC(=O)[C@H]1[C@@H]2OC3(CC2Br)C(C(=O)N(CC=C)CCCC)N([C@@H](CO)C(C)C)C(=O)[C@H]13. The minimum absolute atomic E-state index is 0.0321. The van der Waals surface area contributed by atoms with Gasteiger partial charge >= 0.3 is 5.97 Å². The van der Waals surface area contributed by atoms with Crippen molar-refractivity contribution >= 4 is 33.7 Å². The second kappa shape index (κ2) is 10.9. The molecule has 34 heavy (non-hydrogen) atoms. The molecule has 3 rings (SSSR count). The molecule has 0 aromatic heterocycles. The Morgan fingerprint density at radius 3 is 2.65 bits per heavy atom. The minimum atomic E-state index is -1.17. The number of aliphatic hydroxyl groups is 1. The van der Waals surface area contributed by atoms with Crippen LogP contribution in [0.25, 0.3) is 0 Å². The van der Waals surface area contributed by atoms with Gasteiger partial charge in [-0.15, -0.1) is 6.58 Å². The molecule has 0 saturated carbocycles. The predicted molar refractivity (Wildman–Crippen MR) is 131 cm³/mol. The quantitative estimate of drug-likeness (QED) is 0.232. The topological polar surface area (TPSA) is 96.4 Å². The first-order valence-corrected chi connectivity index (χ1v) is 13.0. The number of unbranched alkanes of at least 4 members (excludes halogenated alkanes) is 1. The normalized spacial score (nSPS) is 32.6. The van der Waals surface area contributed by atoms with E-state index in [1.54, 1.807) is 11.0 Å². The van der Waals surface area contributed by atoms with Crippen LogP contribution in [0.1, 0.15) is 40.0 Å². The molecule has 9 heteroatoms. The summed E-state index contributed by atoms with van der Waals surface area (Å²) in [7, 11) is 0. The summed E-state index contributed by atoms with van der Waals surface area (Å²) in [6.07, 6.45) is 4.71. The maximum absolute atomic E-state index is 14.1. The second-order valence-electron chi connectivity index (χ2n) is 9.75. The van der Waals surface area contributed by atoms with Gasteiger partial charge in [-0.25, -0.2) is 0 Å². The number of rotatable bonds is 12. The van der Waals surface area contributed by atoms with Gasteiger partial charge in [0.1, 0.15) is 18.2 Å². The van der Waals surface area contributed by atoms with Crippen LogP contribution in [0.3, 0.4) is 0 Å². The molecule has 0 aliphatic carbocycles. The first kappa shape index (κ1) is 26.9. The van der Waals surface area contributed by atoms with E-state index in [0.717, 1.165) is 12.8 Å². The highest BCUT2D eigenvalue weighted by Gasteiger charge is 2.77. The summed E-state index contributed by atoms with van der Waals surface area (Å²) in [5.41, 5.74) is -1.17. The fourth-order valence-electron chi connectivity index (χ4n) is 5.80. The smallest absolute Gasteiger partial charge is 0.312 e. The summed E-state index contributed by atoms with van der Waals surface area (Å²) in [5.74, 6) is -2.87. The molecule has 3 aliphatic heterocycles. The number of aliphatic hydroxyl groups excluding tert-OH is 1. The number of likely N-dealkylation sites (tertiary alicyclic amines) is 1. The molecule has 0 radical (unpaired) electrons. The van der Waals surface area contributed by atoms with E-state index >= 15 is 0 Å². The number of carbonyl (C=O) groups is 3. The van der Waals surface area contributed by atoms with Gasteiger partial charge in [0.05, 0.1) is 30.6 Å². The maximum atomic E-state index is 14.1. The standard InChI is InChI=1S/C25H37BrN2O6/c1-6-9-11-27(10-7-2)23(31)21-25-13-16(26)20(34-25)18(24(32)33-12-8-3)19(25)22(30)28(21)17(14-29)15(4)5/h7-8,15-21,29H,2-3,6,9-14H2,1,4-5H3/t16?,17-,18+,19-,20+,21?,25?/m0/s1. The molecule has 3 fully saturated rings. The van der Waals surface area contributed by atoms with Gasteiger partial charge < -0.3 is 24.4 Å². The molecule has 3 unspecified atom stereocenters. The molecule has 2 bridgehead atoms. The van der Waals surface area contributed by atoms with Crippen LogP contribution in [0.4, 0.5) is 0 Å². The second-order valence-corrected chi connectivity index (χ2v) is 10.9. The summed E-state index contributed by atoms with van der Waals surface area (Å²) in [6, 6.07) is -1.52. The van der Waals surface area contributed by atoms with Crippen LogP contribution in [0.15, 0.2) is 25.3 Å². The van der Waals surface area contributed by atoms with E-state index in [1.807, 2.05) is 20.8 Å². The Kier molecular flexibility index (Phi) is 8.63. The molecule has 2 amide bonds. The van der Waals surface area contributed by atoms with Gasteiger partial charge in [0, 0.05) is 17.9 Å². The number of halogens is 1. The summed E-state index contributed by atoms with van der Waals surface area (Å²) >= 11 is 3.64. The van der Waals surface area contributed by atoms with E-state index in [2.05, 4.69) is 29.1 Å². The van der Waals surface area contributed by atoms with Crippen molar-refractivity contribution in [3.63, 3.8) is 0 Å². The van der Waals surface area contributed by atoms with Crippen molar-refractivity contribution in [3.05, 3.63) is 25.3 Å². The van der Waals surface area contributed by atoms with Crippen LogP contribution < -0.4 is 0 Å². The fraction of sp³-hybridized carbons (Fsp3) is 0.720. The van der Waals surface area contributed by atoms with Gasteiger partial charge in [-0.1, -0.05) is 61.9 Å². The number of hydrogen-bond donors (Lipinski definition) is 1. The molecule has 3 aliphatic rings. The van der Waals surface area contributed by atoms with Crippen LogP contribution in [0.2, 0.25) is 0 Å². The van der Waals surface area contributed by atoms with Gasteiger partial charge in [0.2, 0.25) is 11.8 Å². The maximum Gasteiger partial charge on any atom is 0.312 e. The Hall–Kier alpha value is -1.71. The number of esters is 1. The average molecular weight is 541 g/mol. The highest BCUT2D eigenvalue weighted by molar-refractivity contribution is 9.09. The highest BCUT2D eigenvalue weighted by Crippen LogP contribution is 2.60. The van der Waals surface area contributed by atoms with Crippen molar-refractivity contribution in [2.45, 2.75) is 68.6 Å². The zero-order chi connectivity index (χ0) is 25.2. The Balaban J connectivity index is 2.10. The zero-order valence-electron chi connectivity index (χ0n) is 20.3. The molecular formula is C25H37BrN2O6. The van der Waals surface area contributed by atoms with E-state index < -0.39 is 41.6 Å². The van der Waals surface area contributed by atoms with E-state index in [0.29, 0.717) is 19.5 Å². The van der Waals surface area contributed by atoms with Crippen molar-refractivity contribution < 1.29 is 29.0 Å². The first-order chi connectivity index (χ1) is 16.2. The van der Waals surface area contributed by atoms with Crippen LogP contribution in [-0.4, -0.2) is 87.6 Å². The van der Waals surface area contributed by atoms with Crippen LogP contribution >= 0.6 is 15.9 Å². The van der Waals surface area contributed by atoms with Crippen molar-refractivity contribution in [2.75, 3.05) is 26.3 Å². The third-order valence-corrected chi connectivity index (χ3v) is 8.18. The number of amides is 2. The van der Waals surface area contributed by atoms with Gasteiger partial charge in [-0.2, -0.15) is 0 Å². The van der Waals surface area contributed by atoms with E-state index in [4.69, 9.17) is 9.47 Å². The van der Waals surface area contributed by atoms with E-state index in [9.17, 15) is 19.5 Å². The monoisotopic (exact) mass is 540 g/mol. The number of alkyl halides is 1. The molecule has 1 spiro atoms. The summed E-state index contributed by atoms with van der Waals surface area (Å²) < 4.78 is 11.8. The number of carbonyl (C=O) groups excluding carboxylic acids is 3.